The number of hydrogen-bond acceptors (Lipinski definition) is 5. The van der Waals surface area contributed by atoms with Crippen LogP contribution < -0.4 is 16.3 Å². The number of rotatable bonds is 10. The lowest BCUT2D eigenvalue weighted by atomic mass is 9.88. The fourth-order valence-electron chi connectivity index (χ4n) is 3.98. The highest BCUT2D eigenvalue weighted by atomic mass is 35.5. The molecule has 3 aromatic rings. The van der Waals surface area contributed by atoms with Gasteiger partial charge in [0, 0.05) is 17.1 Å². The molecule has 3 N–H and O–H groups in total. The van der Waals surface area contributed by atoms with E-state index in [1.807, 2.05) is 0 Å². The van der Waals surface area contributed by atoms with Gasteiger partial charge in [-0.25, -0.2) is 14.3 Å². The third-order valence-corrected chi connectivity index (χ3v) is 6.76. The van der Waals surface area contributed by atoms with Crippen molar-refractivity contribution >= 4 is 29.4 Å². The van der Waals surface area contributed by atoms with Gasteiger partial charge < -0.3 is 15.7 Å². The first kappa shape index (κ1) is 34.2. The van der Waals surface area contributed by atoms with Crippen molar-refractivity contribution in [2.45, 2.75) is 63.7 Å². The molecule has 44 heavy (non-hydrogen) atoms. The average Bonchev–Trinajstić information content (AvgIpc) is 3.21. The van der Waals surface area contributed by atoms with Crippen LogP contribution in [0.2, 0.25) is 5.02 Å². The highest BCUT2D eigenvalue weighted by Crippen LogP contribution is 2.33. The molecule has 17 heteroatoms. The summed E-state index contributed by atoms with van der Waals surface area (Å²) in [6.07, 6.45) is -10.9. The van der Waals surface area contributed by atoms with Crippen molar-refractivity contribution in [1.29, 1.82) is 0 Å². The Bertz CT molecular complexity index is 1610. The summed E-state index contributed by atoms with van der Waals surface area (Å²) < 4.78 is 80.6. The molecule has 0 radical (unpaired) electrons. The third kappa shape index (κ3) is 7.98. The van der Waals surface area contributed by atoms with E-state index in [-0.39, 0.29) is 22.0 Å². The number of halogens is 7. The lowest BCUT2D eigenvalue weighted by Gasteiger charge is -2.33. The number of carboxylic acids is 1. The summed E-state index contributed by atoms with van der Waals surface area (Å²) in [5.41, 5.74) is -6.74. The van der Waals surface area contributed by atoms with Gasteiger partial charge in [-0.1, -0.05) is 23.7 Å². The second-order valence-electron chi connectivity index (χ2n) is 10.4. The molecule has 2 amide bonds. The van der Waals surface area contributed by atoms with E-state index in [1.165, 1.54) is 24.3 Å². The fraction of sp³-hybridized carbons (Fsp3) is 0.370. The van der Waals surface area contributed by atoms with Gasteiger partial charge in [0.25, 0.3) is 5.91 Å². The van der Waals surface area contributed by atoms with Gasteiger partial charge >= 0.3 is 24.0 Å². The summed E-state index contributed by atoms with van der Waals surface area (Å²) in [6, 6.07) is 8.96. The number of nitrogens with zero attached hydrogens (tertiary/aromatic N) is 3. The van der Waals surface area contributed by atoms with Crippen LogP contribution in [-0.2, 0) is 39.2 Å². The maximum atomic E-state index is 13.5. The number of carbonyl (C=O) groups excluding carboxylic acids is 2. The fourth-order valence-corrected chi connectivity index (χ4v) is 4.11. The molecular formula is C27H26ClF6N5O5. The number of carbonyl (C=O) groups is 3. The number of carboxylic acid groups (broad SMARTS) is 1. The number of aromatic nitrogens is 3. The van der Waals surface area contributed by atoms with Crippen LogP contribution in [0.4, 0.5) is 26.3 Å². The van der Waals surface area contributed by atoms with Gasteiger partial charge in [0.05, 0.1) is 12.0 Å². The van der Waals surface area contributed by atoms with Gasteiger partial charge in [-0.2, -0.15) is 26.3 Å². The molecule has 0 saturated carbocycles. The molecule has 3 rings (SSSR count). The van der Waals surface area contributed by atoms with Gasteiger partial charge in [-0.15, -0.1) is 5.10 Å². The minimum absolute atomic E-state index is 0.192. The predicted molar refractivity (Wildman–Crippen MR) is 144 cm³/mol. The number of hydrogen-bond donors (Lipinski definition) is 3. The van der Waals surface area contributed by atoms with E-state index in [0.717, 1.165) is 39.0 Å². The van der Waals surface area contributed by atoms with E-state index in [9.17, 15) is 50.6 Å². The maximum absolute atomic E-state index is 13.5. The van der Waals surface area contributed by atoms with Crippen LogP contribution in [0.15, 0.2) is 53.3 Å². The van der Waals surface area contributed by atoms with Crippen LogP contribution in [0.1, 0.15) is 38.3 Å². The van der Waals surface area contributed by atoms with Crippen LogP contribution in [0.5, 0.6) is 0 Å². The van der Waals surface area contributed by atoms with Gasteiger partial charge in [0.2, 0.25) is 5.91 Å². The minimum Gasteiger partial charge on any atom is -0.480 e. The molecule has 2 aromatic carbocycles. The molecule has 1 heterocycles. The standard InChI is InChI=1S/C27H26ClF6N5O5/c1-24(2,22(42)43)36-21(41)25(3,16-5-4-6-17(13-16)27(32,33)34)35-19(40)14-39-23(44)38(12-11-26(29,30)31)20(37-39)15-7-9-18(28)10-8-15/h4-10,13H,11-12,14H2,1-3H3,(H,35,40)(H,36,41)(H,42,43). The minimum atomic E-state index is -4.84. The molecule has 0 saturated heterocycles. The van der Waals surface area contributed by atoms with E-state index in [4.69, 9.17) is 11.6 Å². The van der Waals surface area contributed by atoms with Crippen molar-refractivity contribution < 1.29 is 45.8 Å². The zero-order valence-electron chi connectivity index (χ0n) is 23.3. The van der Waals surface area contributed by atoms with Crippen molar-refractivity contribution in [3.63, 3.8) is 0 Å². The van der Waals surface area contributed by atoms with E-state index in [1.54, 1.807) is 0 Å². The molecule has 0 aliphatic carbocycles. The molecule has 0 fully saturated rings. The van der Waals surface area contributed by atoms with Crippen molar-refractivity contribution in [3.8, 4) is 11.4 Å². The van der Waals surface area contributed by atoms with Crippen molar-refractivity contribution in [2.24, 2.45) is 0 Å². The summed E-state index contributed by atoms with van der Waals surface area (Å²) in [7, 11) is 0. The number of aliphatic carboxylic acids is 1. The van der Waals surface area contributed by atoms with Gasteiger partial charge in [-0.3, -0.25) is 14.2 Å². The van der Waals surface area contributed by atoms with E-state index >= 15 is 0 Å². The molecule has 238 valence electrons. The molecule has 0 bridgehead atoms. The first-order chi connectivity index (χ1) is 20.1. The Kier molecular flexibility index (Phi) is 9.58. The van der Waals surface area contributed by atoms with Gasteiger partial charge in [-0.05, 0) is 62.7 Å². The summed E-state index contributed by atoms with van der Waals surface area (Å²) >= 11 is 5.87. The Morgan fingerprint density at radius 2 is 1.52 bits per heavy atom. The monoisotopic (exact) mass is 649 g/mol. The van der Waals surface area contributed by atoms with E-state index in [0.29, 0.717) is 15.3 Å². The van der Waals surface area contributed by atoms with Crippen LogP contribution in [0.25, 0.3) is 11.4 Å². The largest absolute Gasteiger partial charge is 0.480 e. The van der Waals surface area contributed by atoms with E-state index < -0.39 is 72.0 Å². The molecule has 1 aromatic heterocycles. The highest BCUT2D eigenvalue weighted by molar-refractivity contribution is 6.30. The smallest absolute Gasteiger partial charge is 0.416 e. The van der Waals surface area contributed by atoms with Crippen molar-refractivity contribution in [2.75, 3.05) is 0 Å². The third-order valence-electron chi connectivity index (χ3n) is 6.51. The van der Waals surface area contributed by atoms with Gasteiger partial charge in [0.1, 0.15) is 17.6 Å². The van der Waals surface area contributed by atoms with Crippen LogP contribution in [0.3, 0.4) is 0 Å². The number of benzene rings is 2. The zero-order valence-corrected chi connectivity index (χ0v) is 24.1. The molecule has 1 unspecified atom stereocenters. The Morgan fingerprint density at radius 3 is 2.07 bits per heavy atom. The molecule has 0 aliphatic heterocycles. The van der Waals surface area contributed by atoms with Crippen molar-refractivity contribution in [1.82, 2.24) is 25.0 Å². The Morgan fingerprint density at radius 1 is 0.932 bits per heavy atom. The van der Waals surface area contributed by atoms with E-state index in [2.05, 4.69) is 15.7 Å². The molecular weight excluding hydrogens is 624 g/mol. The predicted octanol–water partition coefficient (Wildman–Crippen LogP) is 4.35. The summed E-state index contributed by atoms with van der Waals surface area (Å²) in [6.45, 7) is 1.41. The summed E-state index contributed by atoms with van der Waals surface area (Å²) in [5.74, 6) is -4.08. The molecule has 0 spiro atoms. The molecule has 1 atom stereocenters. The number of alkyl halides is 6. The molecule has 0 aliphatic rings. The second-order valence-corrected chi connectivity index (χ2v) is 10.9. The topological polar surface area (TPSA) is 135 Å². The van der Waals surface area contributed by atoms with Crippen LogP contribution in [0, 0.1) is 0 Å². The van der Waals surface area contributed by atoms with Crippen LogP contribution in [-0.4, -0.2) is 49.0 Å². The Hall–Kier alpha value is -4.34. The zero-order chi connectivity index (χ0) is 33.3. The lowest BCUT2D eigenvalue weighted by molar-refractivity contribution is -0.147. The normalized spacial score (nSPS) is 13.7. The maximum Gasteiger partial charge on any atom is 0.416 e. The molecule has 10 nitrogen and oxygen atoms in total. The highest BCUT2D eigenvalue weighted by Gasteiger charge is 2.43. The Balaban J connectivity index is 2.04. The SMILES string of the molecule is CC(C)(NC(=O)C(C)(NC(=O)Cn1nc(-c2ccc(Cl)cc2)n(CCC(F)(F)F)c1=O)c1cccc(C(F)(F)F)c1)C(=O)O. The first-order valence-electron chi connectivity index (χ1n) is 12.7. The first-order valence-corrected chi connectivity index (χ1v) is 13.1. The Labute approximate surface area is 250 Å². The van der Waals surface area contributed by atoms with Crippen LogP contribution >= 0.6 is 11.6 Å². The summed E-state index contributed by atoms with van der Waals surface area (Å²) in [5, 5.41) is 18.1. The second kappa shape index (κ2) is 12.3. The number of nitrogens with one attached hydrogen (secondary N) is 2. The van der Waals surface area contributed by atoms with Crippen molar-refractivity contribution in [3.05, 3.63) is 75.2 Å². The number of amides is 2. The quantitative estimate of drug-likeness (QED) is 0.280. The average molecular weight is 650 g/mol. The summed E-state index contributed by atoms with van der Waals surface area (Å²) in [4.78, 5) is 51.3. The van der Waals surface area contributed by atoms with Gasteiger partial charge in [0.15, 0.2) is 5.82 Å². The lowest BCUT2D eigenvalue weighted by Crippen LogP contribution is -2.61.